The number of rotatable bonds is 7. The van der Waals surface area contributed by atoms with Crippen molar-refractivity contribution in [3.05, 3.63) is 0 Å². The number of nitrogens with one attached hydrogen (secondary N) is 1. The molecule has 0 aromatic carbocycles. The first-order valence-corrected chi connectivity index (χ1v) is 6.07. The molecule has 0 fully saturated rings. The fraction of sp³-hybridized carbons (Fsp3) is 0.900. The van der Waals surface area contributed by atoms with E-state index in [1.807, 2.05) is 18.7 Å². The van der Waals surface area contributed by atoms with E-state index in [9.17, 15) is 4.79 Å². The quantitative estimate of drug-likeness (QED) is 0.635. The lowest BCUT2D eigenvalue weighted by atomic mass is 9.96. The number of thioether (sulfide) groups is 1. The molecule has 0 aromatic heterocycles. The van der Waals surface area contributed by atoms with Gasteiger partial charge in [-0.05, 0) is 37.8 Å². The first-order chi connectivity index (χ1) is 6.42. The maximum Gasteiger partial charge on any atom is 0.237 e. The fourth-order valence-electron chi connectivity index (χ4n) is 1.12. The van der Waals surface area contributed by atoms with E-state index in [1.54, 1.807) is 7.05 Å². The summed E-state index contributed by atoms with van der Waals surface area (Å²) in [6.45, 7) is 6.21. The Hall–Kier alpha value is -0.220. The summed E-state index contributed by atoms with van der Waals surface area (Å²) >= 11 is 1.91. The summed E-state index contributed by atoms with van der Waals surface area (Å²) in [5.74, 6) is 0.817. The standard InChI is InChI=1S/C10H22N2OS/c1-8(2)14-7-5-6-10(3,12-4)9(11)13/h8,12H,5-7H2,1-4H3,(H2,11,13). The molecule has 1 amide bonds. The van der Waals surface area contributed by atoms with Crippen molar-refractivity contribution in [2.45, 2.75) is 44.4 Å². The van der Waals surface area contributed by atoms with Crippen LogP contribution in [0, 0.1) is 0 Å². The Bertz CT molecular complexity index is 185. The van der Waals surface area contributed by atoms with Gasteiger partial charge in [-0.2, -0.15) is 11.8 Å². The maximum absolute atomic E-state index is 11.1. The number of likely N-dealkylation sites (N-methyl/N-ethyl adjacent to an activating group) is 1. The normalized spacial score (nSPS) is 15.5. The van der Waals surface area contributed by atoms with E-state index < -0.39 is 5.54 Å². The third-order valence-electron chi connectivity index (χ3n) is 2.37. The van der Waals surface area contributed by atoms with Crippen LogP contribution >= 0.6 is 11.8 Å². The van der Waals surface area contributed by atoms with Gasteiger partial charge >= 0.3 is 0 Å². The van der Waals surface area contributed by atoms with Gasteiger partial charge in [0.15, 0.2) is 0 Å². The fourth-order valence-corrected chi connectivity index (χ4v) is 1.90. The van der Waals surface area contributed by atoms with Crippen molar-refractivity contribution in [3.63, 3.8) is 0 Å². The summed E-state index contributed by atoms with van der Waals surface area (Å²) in [5.41, 5.74) is 4.77. The van der Waals surface area contributed by atoms with Crippen LogP contribution in [0.4, 0.5) is 0 Å². The van der Waals surface area contributed by atoms with E-state index in [-0.39, 0.29) is 5.91 Å². The second kappa shape index (κ2) is 6.30. The number of primary amides is 1. The molecule has 84 valence electrons. The van der Waals surface area contributed by atoms with E-state index in [2.05, 4.69) is 19.2 Å². The topological polar surface area (TPSA) is 55.1 Å². The zero-order valence-electron chi connectivity index (χ0n) is 9.59. The highest BCUT2D eigenvalue weighted by Gasteiger charge is 2.27. The number of hydrogen-bond donors (Lipinski definition) is 2. The molecule has 1 unspecified atom stereocenters. The van der Waals surface area contributed by atoms with Crippen LogP contribution in [-0.4, -0.2) is 29.5 Å². The predicted octanol–water partition coefficient (Wildman–Crippen LogP) is 1.37. The molecule has 4 heteroatoms. The van der Waals surface area contributed by atoms with Crippen molar-refractivity contribution < 1.29 is 4.79 Å². The number of amides is 1. The van der Waals surface area contributed by atoms with E-state index >= 15 is 0 Å². The SMILES string of the molecule is CNC(C)(CCCSC(C)C)C(N)=O. The summed E-state index contributed by atoms with van der Waals surface area (Å²) < 4.78 is 0. The lowest BCUT2D eigenvalue weighted by Gasteiger charge is -2.25. The van der Waals surface area contributed by atoms with Gasteiger partial charge in [0, 0.05) is 0 Å². The van der Waals surface area contributed by atoms with Crippen LogP contribution in [0.25, 0.3) is 0 Å². The molecule has 0 saturated heterocycles. The highest BCUT2D eigenvalue weighted by Crippen LogP contribution is 2.16. The largest absolute Gasteiger partial charge is 0.368 e. The Kier molecular flexibility index (Phi) is 6.20. The highest BCUT2D eigenvalue weighted by atomic mass is 32.2. The van der Waals surface area contributed by atoms with E-state index in [0.717, 1.165) is 18.6 Å². The third kappa shape index (κ3) is 4.86. The zero-order valence-corrected chi connectivity index (χ0v) is 10.4. The average molecular weight is 218 g/mol. The van der Waals surface area contributed by atoms with Gasteiger partial charge in [0.05, 0.1) is 5.54 Å². The Morgan fingerprint density at radius 3 is 2.50 bits per heavy atom. The van der Waals surface area contributed by atoms with E-state index in [1.165, 1.54) is 0 Å². The van der Waals surface area contributed by atoms with E-state index in [0.29, 0.717) is 5.25 Å². The Labute approximate surface area is 91.2 Å². The van der Waals surface area contributed by atoms with Gasteiger partial charge < -0.3 is 11.1 Å². The van der Waals surface area contributed by atoms with Crippen molar-refractivity contribution in [3.8, 4) is 0 Å². The second-order valence-corrected chi connectivity index (χ2v) is 5.65. The van der Waals surface area contributed by atoms with Crippen LogP contribution in [0.3, 0.4) is 0 Å². The average Bonchev–Trinajstić information content (AvgIpc) is 2.11. The number of carbonyl (C=O) groups is 1. The van der Waals surface area contributed by atoms with Crippen molar-refractivity contribution in [2.24, 2.45) is 5.73 Å². The molecule has 1 atom stereocenters. The van der Waals surface area contributed by atoms with Gasteiger partial charge in [-0.3, -0.25) is 4.79 Å². The predicted molar refractivity (Wildman–Crippen MR) is 63.5 cm³/mol. The molecule has 0 radical (unpaired) electrons. The smallest absolute Gasteiger partial charge is 0.237 e. The van der Waals surface area contributed by atoms with Gasteiger partial charge in [0.1, 0.15) is 0 Å². The van der Waals surface area contributed by atoms with Crippen molar-refractivity contribution in [1.29, 1.82) is 0 Å². The summed E-state index contributed by atoms with van der Waals surface area (Å²) in [6.07, 6.45) is 1.82. The molecule has 14 heavy (non-hydrogen) atoms. The van der Waals surface area contributed by atoms with Crippen molar-refractivity contribution in [2.75, 3.05) is 12.8 Å². The third-order valence-corrected chi connectivity index (χ3v) is 3.56. The summed E-state index contributed by atoms with van der Waals surface area (Å²) in [7, 11) is 1.78. The molecular formula is C10H22N2OS. The summed E-state index contributed by atoms with van der Waals surface area (Å²) in [6, 6.07) is 0. The minimum atomic E-state index is -0.544. The Balaban J connectivity index is 3.79. The molecule has 0 saturated carbocycles. The molecule has 0 aliphatic heterocycles. The molecule has 0 aromatic rings. The van der Waals surface area contributed by atoms with E-state index in [4.69, 9.17) is 5.73 Å². The molecule has 0 spiro atoms. The highest BCUT2D eigenvalue weighted by molar-refractivity contribution is 7.99. The maximum atomic E-state index is 11.1. The van der Waals surface area contributed by atoms with Crippen molar-refractivity contribution >= 4 is 17.7 Å². The Morgan fingerprint density at radius 2 is 2.14 bits per heavy atom. The molecule has 0 aliphatic rings. The van der Waals surface area contributed by atoms with Gasteiger partial charge in [0.2, 0.25) is 5.91 Å². The molecular weight excluding hydrogens is 196 g/mol. The molecule has 0 aliphatic carbocycles. The number of hydrogen-bond acceptors (Lipinski definition) is 3. The first kappa shape index (κ1) is 13.8. The molecule has 0 heterocycles. The second-order valence-electron chi connectivity index (χ2n) is 3.97. The van der Waals surface area contributed by atoms with Crippen LogP contribution in [0.5, 0.6) is 0 Å². The van der Waals surface area contributed by atoms with Crippen molar-refractivity contribution in [1.82, 2.24) is 5.32 Å². The lowest BCUT2D eigenvalue weighted by Crippen LogP contribution is -2.51. The lowest BCUT2D eigenvalue weighted by molar-refractivity contribution is -0.123. The minimum Gasteiger partial charge on any atom is -0.368 e. The number of nitrogens with two attached hydrogens (primary N) is 1. The molecule has 3 N–H and O–H groups in total. The van der Waals surface area contributed by atoms with Gasteiger partial charge in [0.25, 0.3) is 0 Å². The van der Waals surface area contributed by atoms with Crippen LogP contribution in [0.15, 0.2) is 0 Å². The van der Waals surface area contributed by atoms with Gasteiger partial charge in [-0.25, -0.2) is 0 Å². The first-order valence-electron chi connectivity index (χ1n) is 5.03. The van der Waals surface area contributed by atoms with Crippen LogP contribution < -0.4 is 11.1 Å². The molecule has 3 nitrogen and oxygen atoms in total. The van der Waals surface area contributed by atoms with Gasteiger partial charge in [-0.15, -0.1) is 0 Å². The summed E-state index contributed by atoms with van der Waals surface area (Å²) in [5, 5.41) is 3.64. The number of carbonyl (C=O) groups excluding carboxylic acids is 1. The van der Waals surface area contributed by atoms with Crippen LogP contribution in [0.1, 0.15) is 33.6 Å². The molecule has 0 rings (SSSR count). The van der Waals surface area contributed by atoms with Crippen LogP contribution in [0.2, 0.25) is 0 Å². The monoisotopic (exact) mass is 218 g/mol. The minimum absolute atomic E-state index is 0.269. The van der Waals surface area contributed by atoms with Crippen LogP contribution in [-0.2, 0) is 4.79 Å². The molecule has 0 bridgehead atoms. The Morgan fingerprint density at radius 1 is 1.57 bits per heavy atom. The zero-order chi connectivity index (χ0) is 11.2. The van der Waals surface area contributed by atoms with Gasteiger partial charge in [-0.1, -0.05) is 13.8 Å². The summed E-state index contributed by atoms with van der Waals surface area (Å²) in [4.78, 5) is 11.1.